The maximum absolute atomic E-state index is 5.61. The summed E-state index contributed by atoms with van der Waals surface area (Å²) in [4.78, 5) is 9.36. The summed E-state index contributed by atoms with van der Waals surface area (Å²) in [5.74, 6) is 0.607. The van der Waals surface area contributed by atoms with Crippen LogP contribution in [0.15, 0.2) is 18.3 Å². The minimum absolute atomic E-state index is 0.607. The molecule has 0 amide bonds. The number of anilines is 1. The minimum atomic E-state index is 0.607. The number of hydrogen-bond donors (Lipinski definition) is 1. The minimum Gasteiger partial charge on any atom is -0.384 e. The van der Waals surface area contributed by atoms with E-state index in [1.165, 1.54) is 51.0 Å². The Morgan fingerprint density at radius 1 is 1.22 bits per heavy atom. The lowest BCUT2D eigenvalue weighted by Crippen LogP contribution is -2.35. The van der Waals surface area contributed by atoms with Crippen LogP contribution in [0.25, 0.3) is 0 Å². The Labute approximate surface area is 109 Å². The number of likely N-dealkylation sites (tertiary alicyclic amines) is 2. The van der Waals surface area contributed by atoms with Gasteiger partial charge in [-0.3, -0.25) is 9.80 Å². The van der Waals surface area contributed by atoms with Crippen molar-refractivity contribution < 1.29 is 0 Å². The predicted octanol–water partition coefficient (Wildman–Crippen LogP) is 1.33. The molecule has 1 aromatic heterocycles. The number of pyridine rings is 1. The van der Waals surface area contributed by atoms with Crippen molar-refractivity contribution in [2.45, 2.75) is 31.8 Å². The lowest BCUT2D eigenvalue weighted by molar-refractivity contribution is 0.230. The molecule has 0 radical (unpaired) electrons. The molecule has 2 fully saturated rings. The molecule has 0 aliphatic carbocycles. The standard InChI is InChI=1S/C14H22N4/c15-14-4-3-12(9-16-14)10-17-8-5-13(11-17)18-6-1-2-7-18/h3-4,9,13H,1-2,5-8,10-11H2,(H2,15,16). The summed E-state index contributed by atoms with van der Waals surface area (Å²) in [6, 6.07) is 4.77. The van der Waals surface area contributed by atoms with Gasteiger partial charge >= 0.3 is 0 Å². The summed E-state index contributed by atoms with van der Waals surface area (Å²) in [7, 11) is 0. The molecule has 1 aromatic rings. The number of aromatic nitrogens is 1. The van der Waals surface area contributed by atoms with Gasteiger partial charge in [-0.2, -0.15) is 0 Å². The fraction of sp³-hybridized carbons (Fsp3) is 0.643. The van der Waals surface area contributed by atoms with E-state index in [1.54, 1.807) is 0 Å². The van der Waals surface area contributed by atoms with E-state index in [2.05, 4.69) is 20.9 Å². The average Bonchev–Trinajstić information content (AvgIpc) is 3.02. The molecule has 4 nitrogen and oxygen atoms in total. The first kappa shape index (κ1) is 11.9. The van der Waals surface area contributed by atoms with Gasteiger partial charge in [0.2, 0.25) is 0 Å². The maximum atomic E-state index is 5.61. The van der Waals surface area contributed by atoms with Gasteiger partial charge in [0.05, 0.1) is 0 Å². The highest BCUT2D eigenvalue weighted by atomic mass is 15.3. The molecule has 3 rings (SSSR count). The Morgan fingerprint density at radius 2 is 2.06 bits per heavy atom. The third-order valence-corrected chi connectivity index (χ3v) is 4.16. The van der Waals surface area contributed by atoms with Gasteiger partial charge in [0.25, 0.3) is 0 Å². The van der Waals surface area contributed by atoms with Crippen LogP contribution in [0.1, 0.15) is 24.8 Å². The number of rotatable bonds is 3. The first-order valence-corrected chi connectivity index (χ1v) is 6.98. The van der Waals surface area contributed by atoms with E-state index in [-0.39, 0.29) is 0 Å². The third-order valence-electron chi connectivity index (χ3n) is 4.16. The fourth-order valence-corrected chi connectivity index (χ4v) is 3.15. The summed E-state index contributed by atoms with van der Waals surface area (Å²) in [5, 5.41) is 0. The number of nitrogen functional groups attached to an aromatic ring is 1. The van der Waals surface area contributed by atoms with Crippen LogP contribution in [-0.4, -0.2) is 47.0 Å². The van der Waals surface area contributed by atoms with Crippen LogP contribution in [0.2, 0.25) is 0 Å². The molecule has 3 heterocycles. The van der Waals surface area contributed by atoms with Crippen LogP contribution in [0.5, 0.6) is 0 Å². The molecular weight excluding hydrogens is 224 g/mol. The van der Waals surface area contributed by atoms with Crippen LogP contribution in [0.3, 0.4) is 0 Å². The van der Waals surface area contributed by atoms with Gasteiger partial charge in [-0.15, -0.1) is 0 Å². The van der Waals surface area contributed by atoms with Crippen LogP contribution in [-0.2, 0) is 6.54 Å². The van der Waals surface area contributed by atoms with E-state index < -0.39 is 0 Å². The molecule has 2 aliphatic heterocycles. The molecule has 0 bridgehead atoms. The second kappa shape index (κ2) is 5.24. The molecule has 98 valence electrons. The molecule has 1 atom stereocenters. The molecule has 1 unspecified atom stereocenters. The van der Waals surface area contributed by atoms with Gasteiger partial charge in [0.15, 0.2) is 0 Å². The second-order valence-corrected chi connectivity index (χ2v) is 5.51. The van der Waals surface area contributed by atoms with Crippen molar-refractivity contribution >= 4 is 5.82 Å². The maximum Gasteiger partial charge on any atom is 0.123 e. The van der Waals surface area contributed by atoms with Gasteiger partial charge in [-0.1, -0.05) is 6.07 Å². The number of nitrogens with two attached hydrogens (primary N) is 1. The quantitative estimate of drug-likeness (QED) is 0.874. The van der Waals surface area contributed by atoms with Crippen LogP contribution < -0.4 is 5.73 Å². The van der Waals surface area contributed by atoms with Crippen molar-refractivity contribution in [2.24, 2.45) is 0 Å². The van der Waals surface area contributed by atoms with Crippen molar-refractivity contribution in [3.8, 4) is 0 Å². The van der Waals surface area contributed by atoms with Crippen molar-refractivity contribution in [1.82, 2.24) is 14.8 Å². The highest BCUT2D eigenvalue weighted by Gasteiger charge is 2.28. The largest absolute Gasteiger partial charge is 0.384 e. The molecular formula is C14H22N4. The van der Waals surface area contributed by atoms with Crippen molar-refractivity contribution in [1.29, 1.82) is 0 Å². The van der Waals surface area contributed by atoms with E-state index in [4.69, 9.17) is 5.73 Å². The predicted molar refractivity (Wildman–Crippen MR) is 73.1 cm³/mol. The highest BCUT2D eigenvalue weighted by molar-refractivity contribution is 5.29. The smallest absolute Gasteiger partial charge is 0.123 e. The van der Waals surface area contributed by atoms with E-state index in [0.717, 1.165) is 12.6 Å². The van der Waals surface area contributed by atoms with Crippen molar-refractivity contribution in [2.75, 3.05) is 31.9 Å². The molecule has 2 N–H and O–H groups in total. The zero-order chi connectivity index (χ0) is 12.4. The number of nitrogens with zero attached hydrogens (tertiary/aromatic N) is 3. The monoisotopic (exact) mass is 246 g/mol. The normalized spacial score (nSPS) is 25.9. The molecule has 2 saturated heterocycles. The Morgan fingerprint density at radius 3 is 2.78 bits per heavy atom. The Balaban J connectivity index is 1.54. The second-order valence-electron chi connectivity index (χ2n) is 5.51. The average molecular weight is 246 g/mol. The fourth-order valence-electron chi connectivity index (χ4n) is 3.15. The Kier molecular flexibility index (Phi) is 3.48. The zero-order valence-electron chi connectivity index (χ0n) is 10.9. The van der Waals surface area contributed by atoms with Crippen LogP contribution >= 0.6 is 0 Å². The lowest BCUT2D eigenvalue weighted by Gasteiger charge is -2.23. The first-order chi connectivity index (χ1) is 8.81. The first-order valence-electron chi connectivity index (χ1n) is 6.98. The molecule has 0 saturated carbocycles. The SMILES string of the molecule is Nc1ccc(CN2CCC(N3CCCC3)C2)cn1. The molecule has 0 aromatic carbocycles. The summed E-state index contributed by atoms with van der Waals surface area (Å²) < 4.78 is 0. The van der Waals surface area contributed by atoms with Gasteiger partial charge in [-0.25, -0.2) is 4.98 Å². The lowest BCUT2D eigenvalue weighted by atomic mass is 10.2. The zero-order valence-corrected chi connectivity index (χ0v) is 10.9. The summed E-state index contributed by atoms with van der Waals surface area (Å²) >= 11 is 0. The Bertz CT molecular complexity index is 383. The third kappa shape index (κ3) is 2.65. The van der Waals surface area contributed by atoms with E-state index in [1.807, 2.05) is 12.3 Å². The van der Waals surface area contributed by atoms with Gasteiger partial charge in [0.1, 0.15) is 5.82 Å². The topological polar surface area (TPSA) is 45.4 Å². The Hall–Kier alpha value is -1.13. The van der Waals surface area contributed by atoms with E-state index in [9.17, 15) is 0 Å². The van der Waals surface area contributed by atoms with E-state index in [0.29, 0.717) is 5.82 Å². The van der Waals surface area contributed by atoms with Crippen molar-refractivity contribution in [3.63, 3.8) is 0 Å². The van der Waals surface area contributed by atoms with Gasteiger partial charge in [-0.05, 0) is 44.0 Å². The van der Waals surface area contributed by atoms with Gasteiger partial charge in [0, 0.05) is 31.9 Å². The molecule has 0 spiro atoms. The molecule has 4 heteroatoms. The van der Waals surface area contributed by atoms with Crippen molar-refractivity contribution in [3.05, 3.63) is 23.9 Å². The summed E-state index contributed by atoms with van der Waals surface area (Å²) in [6.45, 7) is 6.05. The molecule has 2 aliphatic rings. The van der Waals surface area contributed by atoms with Crippen LogP contribution in [0.4, 0.5) is 5.82 Å². The van der Waals surface area contributed by atoms with Crippen LogP contribution in [0, 0.1) is 0 Å². The van der Waals surface area contributed by atoms with E-state index >= 15 is 0 Å². The van der Waals surface area contributed by atoms with Gasteiger partial charge < -0.3 is 5.73 Å². The highest BCUT2D eigenvalue weighted by Crippen LogP contribution is 2.21. The number of hydrogen-bond acceptors (Lipinski definition) is 4. The summed E-state index contributed by atoms with van der Waals surface area (Å²) in [5.41, 5.74) is 6.88. The molecule has 18 heavy (non-hydrogen) atoms. The summed E-state index contributed by atoms with van der Waals surface area (Å²) in [6.07, 6.45) is 6.00.